The fourth-order valence-corrected chi connectivity index (χ4v) is 5.83. The van der Waals surface area contributed by atoms with E-state index < -0.39 is 11.6 Å². The lowest BCUT2D eigenvalue weighted by Gasteiger charge is -2.07. The molecule has 242 valence electrons. The molecule has 5 rings (SSSR count). The number of nitrogens with one attached hydrogen (secondary N) is 1. The molecule has 0 aliphatic carbocycles. The molecule has 0 unspecified atom stereocenters. The number of halogens is 1. The maximum Gasteiger partial charge on any atom is 0.184 e. The predicted octanol–water partition coefficient (Wildman–Crippen LogP) is 8.76. The van der Waals surface area contributed by atoms with Crippen molar-refractivity contribution in [3.8, 4) is 0 Å². The zero-order valence-corrected chi connectivity index (χ0v) is 27.3. The van der Waals surface area contributed by atoms with Gasteiger partial charge in [-0.1, -0.05) is 43.0 Å². The molecule has 0 fully saturated rings. The van der Waals surface area contributed by atoms with E-state index in [4.69, 9.17) is 4.42 Å². The molecule has 7 nitrogen and oxygen atoms in total. The van der Waals surface area contributed by atoms with Crippen LogP contribution in [0.1, 0.15) is 82.2 Å². The largest absolute Gasteiger partial charge is 0.464 e. The minimum atomic E-state index is -0.505. The summed E-state index contributed by atoms with van der Waals surface area (Å²) in [6.07, 6.45) is 8.13. The lowest BCUT2D eigenvalue weighted by atomic mass is 9.99. The van der Waals surface area contributed by atoms with Crippen molar-refractivity contribution in [3.05, 3.63) is 118 Å². The van der Waals surface area contributed by atoms with E-state index in [1.54, 1.807) is 54.9 Å². The number of furan rings is 1. The molecular weight excluding hydrogens is 615 g/mol. The first kappa shape index (κ1) is 35.0. The molecule has 1 aliphatic heterocycles. The first-order valence-corrected chi connectivity index (χ1v) is 16.2. The van der Waals surface area contributed by atoms with Crippen molar-refractivity contribution in [1.82, 2.24) is 5.32 Å². The maximum atomic E-state index is 13.5. The standard InChI is InChI=1S/C21H23NO2S.C17H14FNO3/c1-3-16-13-14-25-21(16)10-6-8-18(23)11-12-20(24)19-9-5-4-7-17(19)15-22-2;1-10-8-13(18)17(19-10)15(21)4-3-14(20)11-2-5-16-12(9-11)6-7-22-16/h3-7,9-10,13-14,22H,1,8,11-12,15H2,2H3;2,5-7,9H,3-4,8H2,1H3/b10-6-;. The summed E-state index contributed by atoms with van der Waals surface area (Å²) in [7, 11) is 1.85. The average Bonchev–Trinajstić information content (AvgIpc) is 3.82. The molecule has 47 heavy (non-hydrogen) atoms. The smallest absolute Gasteiger partial charge is 0.184 e. The van der Waals surface area contributed by atoms with Gasteiger partial charge in [-0.05, 0) is 66.9 Å². The molecule has 4 aromatic rings. The van der Waals surface area contributed by atoms with Crippen LogP contribution >= 0.6 is 11.3 Å². The van der Waals surface area contributed by atoms with Crippen molar-refractivity contribution >= 4 is 63.3 Å². The van der Waals surface area contributed by atoms with Gasteiger partial charge < -0.3 is 9.73 Å². The van der Waals surface area contributed by atoms with Crippen molar-refractivity contribution in [2.24, 2.45) is 4.99 Å². The van der Waals surface area contributed by atoms with Gasteiger partial charge in [-0.25, -0.2) is 4.39 Å². The van der Waals surface area contributed by atoms with Gasteiger partial charge in [0.1, 0.15) is 22.9 Å². The van der Waals surface area contributed by atoms with Crippen LogP contribution < -0.4 is 5.32 Å². The average molecular weight is 653 g/mol. The summed E-state index contributed by atoms with van der Waals surface area (Å²) in [6, 6.07) is 16.4. The third-order valence-electron chi connectivity index (χ3n) is 7.47. The van der Waals surface area contributed by atoms with Crippen LogP contribution in [0, 0.1) is 0 Å². The van der Waals surface area contributed by atoms with Gasteiger partial charge in [0.25, 0.3) is 0 Å². The highest BCUT2D eigenvalue weighted by Gasteiger charge is 2.22. The minimum Gasteiger partial charge on any atom is -0.464 e. The molecule has 0 atom stereocenters. The molecule has 1 N–H and O–H groups in total. The number of fused-ring (bicyclic) bond motifs is 1. The zero-order chi connectivity index (χ0) is 33.8. The molecular formula is C38H37FN2O5S. The minimum absolute atomic E-state index is 0.0235. The van der Waals surface area contributed by atoms with Crippen LogP contribution in [0.15, 0.2) is 99.8 Å². The van der Waals surface area contributed by atoms with E-state index >= 15 is 0 Å². The Kier molecular flexibility index (Phi) is 12.8. The predicted molar refractivity (Wildman–Crippen MR) is 186 cm³/mol. The Balaban J connectivity index is 0.000000214. The quantitative estimate of drug-likeness (QED) is 0.129. The van der Waals surface area contributed by atoms with Gasteiger partial charge in [-0.2, -0.15) is 0 Å². The van der Waals surface area contributed by atoms with E-state index in [9.17, 15) is 23.6 Å². The summed E-state index contributed by atoms with van der Waals surface area (Å²) in [4.78, 5) is 53.5. The van der Waals surface area contributed by atoms with E-state index in [1.165, 1.54) is 0 Å². The lowest BCUT2D eigenvalue weighted by molar-refractivity contribution is -0.118. The molecule has 9 heteroatoms. The molecule has 0 bridgehead atoms. The van der Waals surface area contributed by atoms with Crippen LogP contribution in [0.5, 0.6) is 0 Å². The highest BCUT2D eigenvalue weighted by atomic mass is 32.1. The normalized spacial score (nSPS) is 12.6. The fraction of sp³-hybridized carbons (Fsp3) is 0.237. The molecule has 0 amide bonds. The Labute approximate surface area is 277 Å². The van der Waals surface area contributed by atoms with Crippen LogP contribution in [0.3, 0.4) is 0 Å². The van der Waals surface area contributed by atoms with Gasteiger partial charge in [-0.15, -0.1) is 11.3 Å². The third-order valence-corrected chi connectivity index (χ3v) is 8.36. The summed E-state index contributed by atoms with van der Waals surface area (Å²) in [5, 5.41) is 5.90. The summed E-state index contributed by atoms with van der Waals surface area (Å²) >= 11 is 1.62. The van der Waals surface area contributed by atoms with Crippen LogP contribution in [-0.4, -0.2) is 35.9 Å². The number of carbonyl (C=O) groups excluding carboxylic acids is 4. The van der Waals surface area contributed by atoms with E-state index in [-0.39, 0.29) is 55.2 Å². The molecule has 2 aromatic heterocycles. The Bertz CT molecular complexity index is 1880. The molecule has 0 spiro atoms. The van der Waals surface area contributed by atoms with Gasteiger partial charge in [0.2, 0.25) is 0 Å². The lowest BCUT2D eigenvalue weighted by Crippen LogP contribution is -2.12. The van der Waals surface area contributed by atoms with Crippen LogP contribution in [-0.2, 0) is 16.1 Å². The summed E-state index contributed by atoms with van der Waals surface area (Å²) in [5.74, 6) is -0.985. The maximum absolute atomic E-state index is 13.5. The van der Waals surface area contributed by atoms with Gasteiger partial charge in [-0.3, -0.25) is 24.2 Å². The van der Waals surface area contributed by atoms with Crippen LogP contribution in [0.25, 0.3) is 23.1 Å². The van der Waals surface area contributed by atoms with Crippen LogP contribution in [0.2, 0.25) is 0 Å². The van der Waals surface area contributed by atoms with Gasteiger partial charge in [0.05, 0.1) is 6.26 Å². The topological polar surface area (TPSA) is 106 Å². The fourth-order valence-electron chi connectivity index (χ4n) is 5.00. The number of Topliss-reactive ketones (excluding diaryl/α,β-unsaturated/α-hetero) is 4. The van der Waals surface area contributed by atoms with Crippen molar-refractivity contribution in [2.45, 2.75) is 52.0 Å². The molecule has 1 aliphatic rings. The van der Waals surface area contributed by atoms with Gasteiger partial charge in [0.15, 0.2) is 17.3 Å². The second kappa shape index (κ2) is 17.2. The van der Waals surface area contributed by atoms with Crippen molar-refractivity contribution in [1.29, 1.82) is 0 Å². The monoisotopic (exact) mass is 652 g/mol. The first-order chi connectivity index (χ1) is 22.7. The molecule has 0 saturated carbocycles. The number of hydrogen-bond acceptors (Lipinski definition) is 8. The number of thiophene rings is 1. The Morgan fingerprint density at radius 1 is 1.00 bits per heavy atom. The molecule has 0 radical (unpaired) electrons. The van der Waals surface area contributed by atoms with Gasteiger partial charge in [0, 0.05) is 72.2 Å². The highest BCUT2D eigenvalue weighted by molar-refractivity contribution is 7.11. The van der Waals surface area contributed by atoms with E-state index in [0.29, 0.717) is 35.4 Å². The van der Waals surface area contributed by atoms with E-state index in [2.05, 4.69) is 16.9 Å². The first-order valence-electron chi connectivity index (χ1n) is 15.3. The number of hydrogen-bond donors (Lipinski definition) is 1. The Morgan fingerprint density at radius 3 is 2.51 bits per heavy atom. The van der Waals surface area contributed by atoms with E-state index in [0.717, 1.165) is 21.4 Å². The number of rotatable bonds is 15. The van der Waals surface area contributed by atoms with Gasteiger partial charge >= 0.3 is 0 Å². The summed E-state index contributed by atoms with van der Waals surface area (Å²) in [6.45, 7) is 6.08. The molecule has 3 heterocycles. The Morgan fingerprint density at radius 2 is 1.77 bits per heavy atom. The van der Waals surface area contributed by atoms with E-state index in [1.807, 2.05) is 54.9 Å². The number of benzene rings is 2. The number of nitrogens with zero attached hydrogens (tertiary/aromatic N) is 1. The second-order valence-electron chi connectivity index (χ2n) is 11.0. The summed E-state index contributed by atoms with van der Waals surface area (Å²) < 4.78 is 18.7. The summed E-state index contributed by atoms with van der Waals surface area (Å²) in [5.41, 5.74) is 4.42. The zero-order valence-electron chi connectivity index (χ0n) is 26.5. The third kappa shape index (κ3) is 9.81. The van der Waals surface area contributed by atoms with Crippen LogP contribution in [0.4, 0.5) is 4.39 Å². The molecule has 0 saturated heterocycles. The van der Waals surface area contributed by atoms with Crippen molar-refractivity contribution in [2.75, 3.05) is 7.05 Å². The number of allylic oxidation sites excluding steroid dienone is 3. The number of aliphatic imine (C=N–C) groups is 1. The number of ketones is 4. The number of carbonyl (C=O) groups is 4. The SMILES string of the molecule is C=Cc1ccsc1/C=C\CC(=O)CCC(=O)c1ccccc1CNC.CC1=NC(C(=O)CCC(=O)c2ccc3occc3c2)=C(F)C1. The second-order valence-corrected chi connectivity index (χ2v) is 11.9. The highest BCUT2D eigenvalue weighted by Crippen LogP contribution is 2.24. The Hall–Kier alpha value is -4.86. The van der Waals surface area contributed by atoms with Crippen molar-refractivity contribution < 1.29 is 28.0 Å². The van der Waals surface area contributed by atoms with Crippen molar-refractivity contribution in [3.63, 3.8) is 0 Å². The molecule has 2 aromatic carbocycles.